The Labute approximate surface area is 122 Å². The Morgan fingerprint density at radius 1 is 1.30 bits per heavy atom. The van der Waals surface area contributed by atoms with Crippen molar-refractivity contribution in [1.82, 2.24) is 15.5 Å². The molecule has 0 aromatic carbocycles. The van der Waals surface area contributed by atoms with Gasteiger partial charge in [0.15, 0.2) is 0 Å². The highest BCUT2D eigenvalue weighted by Gasteiger charge is 2.22. The first-order valence-corrected chi connectivity index (χ1v) is 8.01. The average Bonchev–Trinajstić information content (AvgIpc) is 2.90. The van der Waals surface area contributed by atoms with Crippen molar-refractivity contribution >= 4 is 5.91 Å². The van der Waals surface area contributed by atoms with Gasteiger partial charge in [-0.1, -0.05) is 0 Å². The summed E-state index contributed by atoms with van der Waals surface area (Å²) < 4.78 is 5.73. The van der Waals surface area contributed by atoms with E-state index in [4.69, 9.17) is 4.74 Å². The molecule has 116 valence electrons. The van der Waals surface area contributed by atoms with Gasteiger partial charge in [-0.2, -0.15) is 0 Å². The molecule has 0 spiro atoms. The van der Waals surface area contributed by atoms with Gasteiger partial charge in [0.1, 0.15) is 0 Å². The standard InChI is InChI=1S/C15H29N3O2/c1-12-10-18(11-13(2)20-12)8-4-3-6-17-15(19)14-5-7-16-9-14/h12-14,16H,3-11H2,1-2H3,(H,17,19). The SMILES string of the molecule is CC1CN(CCCCNC(=O)C2CCNC2)CC(C)O1. The van der Waals surface area contributed by atoms with Crippen molar-refractivity contribution in [3.8, 4) is 0 Å². The highest BCUT2D eigenvalue weighted by Crippen LogP contribution is 2.11. The Kier molecular flexibility index (Phi) is 6.26. The fraction of sp³-hybridized carbons (Fsp3) is 0.933. The largest absolute Gasteiger partial charge is 0.373 e. The summed E-state index contributed by atoms with van der Waals surface area (Å²) in [7, 11) is 0. The van der Waals surface area contributed by atoms with Gasteiger partial charge in [0, 0.05) is 26.2 Å². The van der Waals surface area contributed by atoms with Crippen LogP contribution < -0.4 is 10.6 Å². The molecule has 2 fully saturated rings. The summed E-state index contributed by atoms with van der Waals surface area (Å²) in [5.74, 6) is 0.416. The topological polar surface area (TPSA) is 53.6 Å². The molecule has 0 saturated carbocycles. The van der Waals surface area contributed by atoms with Gasteiger partial charge in [-0.3, -0.25) is 9.69 Å². The molecule has 2 heterocycles. The number of unbranched alkanes of at least 4 members (excludes halogenated alkanes) is 1. The zero-order valence-corrected chi connectivity index (χ0v) is 12.9. The van der Waals surface area contributed by atoms with Crippen LogP contribution in [0.4, 0.5) is 0 Å². The van der Waals surface area contributed by atoms with Crippen LogP contribution in [0.5, 0.6) is 0 Å². The van der Waals surface area contributed by atoms with Crippen LogP contribution in [0.1, 0.15) is 33.1 Å². The molecular formula is C15H29N3O2. The van der Waals surface area contributed by atoms with Crippen molar-refractivity contribution < 1.29 is 9.53 Å². The van der Waals surface area contributed by atoms with Crippen molar-refractivity contribution in [1.29, 1.82) is 0 Å². The lowest BCUT2D eigenvalue weighted by Gasteiger charge is -2.35. The van der Waals surface area contributed by atoms with Crippen LogP contribution in [0.2, 0.25) is 0 Å². The molecule has 0 aromatic rings. The van der Waals surface area contributed by atoms with E-state index in [2.05, 4.69) is 29.4 Å². The minimum Gasteiger partial charge on any atom is -0.373 e. The molecule has 3 atom stereocenters. The van der Waals surface area contributed by atoms with Crippen molar-refractivity contribution in [2.45, 2.75) is 45.3 Å². The minimum atomic E-state index is 0.191. The molecule has 5 nitrogen and oxygen atoms in total. The number of morpholine rings is 1. The van der Waals surface area contributed by atoms with E-state index in [1.54, 1.807) is 0 Å². The Balaban J connectivity index is 1.52. The van der Waals surface area contributed by atoms with Crippen LogP contribution in [-0.2, 0) is 9.53 Å². The monoisotopic (exact) mass is 283 g/mol. The molecule has 20 heavy (non-hydrogen) atoms. The molecule has 2 rings (SSSR count). The first-order chi connectivity index (χ1) is 9.65. The number of amides is 1. The van der Waals surface area contributed by atoms with Gasteiger partial charge in [-0.05, 0) is 46.2 Å². The maximum Gasteiger partial charge on any atom is 0.224 e. The summed E-state index contributed by atoms with van der Waals surface area (Å²) in [5.41, 5.74) is 0. The molecular weight excluding hydrogens is 254 g/mol. The molecule has 0 radical (unpaired) electrons. The fourth-order valence-corrected chi connectivity index (χ4v) is 3.16. The highest BCUT2D eigenvalue weighted by atomic mass is 16.5. The predicted octanol–water partition coefficient (Wildman–Crippen LogP) is 0.602. The molecule has 2 aliphatic rings. The second kappa shape index (κ2) is 7.96. The molecule has 0 aliphatic carbocycles. The second-order valence-electron chi connectivity index (χ2n) is 6.20. The van der Waals surface area contributed by atoms with Gasteiger partial charge in [-0.15, -0.1) is 0 Å². The zero-order valence-electron chi connectivity index (χ0n) is 12.9. The molecule has 2 aliphatic heterocycles. The number of nitrogens with one attached hydrogen (secondary N) is 2. The van der Waals surface area contributed by atoms with Crippen LogP contribution in [0, 0.1) is 5.92 Å². The van der Waals surface area contributed by atoms with Gasteiger partial charge in [0.05, 0.1) is 18.1 Å². The molecule has 5 heteroatoms. The van der Waals surface area contributed by atoms with Gasteiger partial charge in [0.2, 0.25) is 5.91 Å². The lowest BCUT2D eigenvalue weighted by atomic mass is 10.1. The molecule has 0 aromatic heterocycles. The van der Waals surface area contributed by atoms with Crippen molar-refractivity contribution in [3.63, 3.8) is 0 Å². The number of rotatable bonds is 6. The third-order valence-electron chi connectivity index (χ3n) is 4.13. The predicted molar refractivity (Wildman–Crippen MR) is 79.7 cm³/mol. The molecule has 2 N–H and O–H groups in total. The van der Waals surface area contributed by atoms with E-state index in [0.29, 0.717) is 12.2 Å². The summed E-state index contributed by atoms with van der Waals surface area (Å²) >= 11 is 0. The molecule has 3 unspecified atom stereocenters. The number of hydrogen-bond donors (Lipinski definition) is 2. The van der Waals surface area contributed by atoms with Gasteiger partial charge in [-0.25, -0.2) is 0 Å². The van der Waals surface area contributed by atoms with E-state index in [9.17, 15) is 4.79 Å². The number of hydrogen-bond acceptors (Lipinski definition) is 4. The van der Waals surface area contributed by atoms with Crippen molar-refractivity contribution in [3.05, 3.63) is 0 Å². The van der Waals surface area contributed by atoms with Gasteiger partial charge >= 0.3 is 0 Å². The van der Waals surface area contributed by atoms with Crippen LogP contribution in [0.25, 0.3) is 0 Å². The Morgan fingerprint density at radius 3 is 2.70 bits per heavy atom. The first-order valence-electron chi connectivity index (χ1n) is 8.01. The van der Waals surface area contributed by atoms with E-state index in [1.807, 2.05) is 0 Å². The number of nitrogens with zero attached hydrogens (tertiary/aromatic N) is 1. The molecule has 1 amide bonds. The van der Waals surface area contributed by atoms with E-state index in [1.165, 1.54) is 0 Å². The summed E-state index contributed by atoms with van der Waals surface area (Å²) in [6.07, 6.45) is 3.87. The average molecular weight is 283 g/mol. The summed E-state index contributed by atoms with van der Waals surface area (Å²) in [6, 6.07) is 0. The maximum atomic E-state index is 11.8. The quantitative estimate of drug-likeness (QED) is 0.701. The van der Waals surface area contributed by atoms with Crippen LogP contribution in [0.3, 0.4) is 0 Å². The number of carbonyl (C=O) groups is 1. The number of ether oxygens (including phenoxy) is 1. The minimum absolute atomic E-state index is 0.191. The first kappa shape index (κ1) is 15.7. The fourth-order valence-electron chi connectivity index (χ4n) is 3.16. The van der Waals surface area contributed by atoms with E-state index >= 15 is 0 Å². The summed E-state index contributed by atoms with van der Waals surface area (Å²) in [5, 5.41) is 6.28. The summed E-state index contributed by atoms with van der Waals surface area (Å²) in [4.78, 5) is 14.3. The normalized spacial score (nSPS) is 31.4. The third-order valence-corrected chi connectivity index (χ3v) is 4.13. The Bertz CT molecular complexity index is 295. The lowest BCUT2D eigenvalue weighted by molar-refractivity contribution is -0.124. The molecule has 2 saturated heterocycles. The Morgan fingerprint density at radius 2 is 2.05 bits per heavy atom. The van der Waals surface area contributed by atoms with Crippen LogP contribution in [0.15, 0.2) is 0 Å². The van der Waals surface area contributed by atoms with Crippen LogP contribution >= 0.6 is 0 Å². The Hall–Kier alpha value is -0.650. The van der Waals surface area contributed by atoms with Crippen molar-refractivity contribution in [2.24, 2.45) is 5.92 Å². The van der Waals surface area contributed by atoms with Crippen molar-refractivity contribution in [2.75, 3.05) is 39.3 Å². The maximum absolute atomic E-state index is 11.8. The molecule has 0 bridgehead atoms. The van der Waals surface area contributed by atoms with E-state index in [-0.39, 0.29) is 11.8 Å². The van der Waals surface area contributed by atoms with E-state index < -0.39 is 0 Å². The third kappa shape index (κ3) is 5.04. The van der Waals surface area contributed by atoms with Crippen LogP contribution in [-0.4, -0.2) is 62.3 Å². The van der Waals surface area contributed by atoms with Gasteiger partial charge < -0.3 is 15.4 Å². The highest BCUT2D eigenvalue weighted by molar-refractivity contribution is 5.79. The number of carbonyl (C=O) groups excluding carboxylic acids is 1. The second-order valence-corrected chi connectivity index (χ2v) is 6.20. The van der Waals surface area contributed by atoms with E-state index in [0.717, 1.165) is 58.5 Å². The smallest absolute Gasteiger partial charge is 0.224 e. The van der Waals surface area contributed by atoms with Gasteiger partial charge in [0.25, 0.3) is 0 Å². The lowest BCUT2D eigenvalue weighted by Crippen LogP contribution is -2.45. The zero-order chi connectivity index (χ0) is 14.4. The summed E-state index contributed by atoms with van der Waals surface area (Å²) in [6.45, 7) is 10.1.